The monoisotopic (exact) mass is 261 g/mol. The predicted molar refractivity (Wildman–Crippen MR) is 54.6 cm³/mol. The van der Waals surface area contributed by atoms with Crippen LogP contribution in [0.2, 0.25) is 0 Å². The fourth-order valence-corrected chi connectivity index (χ4v) is 1.53. The maximum Gasteiger partial charge on any atom is 0.341 e. The Morgan fingerprint density at radius 1 is 1.64 bits per heavy atom. The summed E-state index contributed by atoms with van der Waals surface area (Å²) in [5.74, 6) is -1.38. The number of halogens is 2. The molecule has 0 saturated carbocycles. The summed E-state index contributed by atoms with van der Waals surface area (Å²) >= 11 is 2.97. The van der Waals surface area contributed by atoms with Gasteiger partial charge in [-0.1, -0.05) is 0 Å². The minimum Gasteiger partial charge on any atom is -0.465 e. The molecule has 0 bridgehead atoms. The van der Waals surface area contributed by atoms with Gasteiger partial charge in [0.15, 0.2) is 5.82 Å². The number of methoxy groups -OCH3 is 1. The van der Waals surface area contributed by atoms with Gasteiger partial charge in [0.1, 0.15) is 5.56 Å². The lowest BCUT2D eigenvalue weighted by Gasteiger charge is -2.09. The zero-order valence-corrected chi connectivity index (χ0v) is 9.31. The van der Waals surface area contributed by atoms with E-state index in [9.17, 15) is 9.18 Å². The van der Waals surface area contributed by atoms with Gasteiger partial charge < -0.3 is 10.5 Å². The molecule has 0 saturated heterocycles. The van der Waals surface area contributed by atoms with Crippen molar-refractivity contribution in [3.63, 3.8) is 0 Å². The summed E-state index contributed by atoms with van der Waals surface area (Å²) in [6.45, 7) is 1.57. The number of anilines is 1. The molecule has 3 nitrogen and oxygen atoms in total. The predicted octanol–water partition coefficient (Wildman–Crippen LogP) is 2.27. The first-order valence-corrected chi connectivity index (χ1v) is 4.60. The van der Waals surface area contributed by atoms with Gasteiger partial charge in [-0.15, -0.1) is 0 Å². The van der Waals surface area contributed by atoms with Crippen LogP contribution in [0, 0.1) is 12.7 Å². The summed E-state index contributed by atoms with van der Waals surface area (Å²) in [5.41, 5.74) is 6.19. The average Bonchev–Trinajstić information content (AvgIpc) is 2.15. The summed E-state index contributed by atoms with van der Waals surface area (Å²) in [5, 5.41) is 0. The zero-order valence-electron chi connectivity index (χ0n) is 7.73. The number of esters is 1. The smallest absolute Gasteiger partial charge is 0.341 e. The van der Waals surface area contributed by atoms with Crippen LogP contribution in [-0.4, -0.2) is 13.1 Å². The lowest BCUT2D eigenvalue weighted by molar-refractivity contribution is 0.0594. The Morgan fingerprint density at radius 2 is 2.21 bits per heavy atom. The van der Waals surface area contributed by atoms with E-state index in [0.29, 0.717) is 11.3 Å². The maximum atomic E-state index is 13.5. The molecular formula is C9H9BrFNO2. The van der Waals surface area contributed by atoms with Crippen LogP contribution in [0.3, 0.4) is 0 Å². The summed E-state index contributed by atoms with van der Waals surface area (Å²) in [6, 6.07) is 1.41. The molecule has 14 heavy (non-hydrogen) atoms. The Labute approximate surface area is 89.2 Å². The first kappa shape index (κ1) is 11.0. The highest BCUT2D eigenvalue weighted by Gasteiger charge is 2.19. The molecule has 2 N–H and O–H groups in total. The molecule has 0 aliphatic rings. The normalized spacial score (nSPS) is 10.0. The van der Waals surface area contributed by atoms with E-state index >= 15 is 0 Å². The Bertz CT molecular complexity index is 367. The molecular weight excluding hydrogens is 253 g/mol. The van der Waals surface area contributed by atoms with Crippen LogP contribution in [-0.2, 0) is 4.74 Å². The van der Waals surface area contributed by atoms with Crippen LogP contribution in [0.4, 0.5) is 10.1 Å². The molecule has 0 aromatic heterocycles. The highest BCUT2D eigenvalue weighted by atomic mass is 79.9. The lowest BCUT2D eigenvalue weighted by atomic mass is 10.1. The highest BCUT2D eigenvalue weighted by molar-refractivity contribution is 9.10. The van der Waals surface area contributed by atoms with Crippen LogP contribution in [0.5, 0.6) is 0 Å². The van der Waals surface area contributed by atoms with E-state index in [-0.39, 0.29) is 10.0 Å². The van der Waals surface area contributed by atoms with Crippen molar-refractivity contribution < 1.29 is 13.9 Å². The topological polar surface area (TPSA) is 52.3 Å². The van der Waals surface area contributed by atoms with Crippen LogP contribution in [0.15, 0.2) is 10.5 Å². The van der Waals surface area contributed by atoms with Crippen molar-refractivity contribution in [2.75, 3.05) is 12.8 Å². The molecule has 0 amide bonds. The number of carbonyl (C=O) groups excluding carboxylic acids is 1. The molecule has 0 fully saturated rings. The third-order valence-corrected chi connectivity index (χ3v) is 2.49. The van der Waals surface area contributed by atoms with Gasteiger partial charge in [0.2, 0.25) is 0 Å². The number of nitrogens with two attached hydrogens (primary N) is 1. The van der Waals surface area contributed by atoms with Gasteiger partial charge in [0.25, 0.3) is 0 Å². The second-order valence-corrected chi connectivity index (χ2v) is 3.61. The zero-order chi connectivity index (χ0) is 10.9. The SMILES string of the molecule is COC(=O)c1c(C)c(N)cc(Br)c1F. The molecule has 0 spiro atoms. The third-order valence-electron chi connectivity index (χ3n) is 1.91. The fourth-order valence-electron chi connectivity index (χ4n) is 1.08. The van der Waals surface area contributed by atoms with Gasteiger partial charge in [-0.25, -0.2) is 9.18 Å². The van der Waals surface area contributed by atoms with Crippen LogP contribution < -0.4 is 5.73 Å². The molecule has 0 unspecified atom stereocenters. The summed E-state index contributed by atoms with van der Waals surface area (Å²) in [4.78, 5) is 11.2. The second kappa shape index (κ2) is 3.96. The number of ether oxygens (including phenoxy) is 1. The minimum absolute atomic E-state index is 0.126. The number of nitrogen functional groups attached to an aromatic ring is 1. The molecule has 0 radical (unpaired) electrons. The molecule has 0 heterocycles. The largest absolute Gasteiger partial charge is 0.465 e. The second-order valence-electron chi connectivity index (χ2n) is 2.75. The number of hydrogen-bond acceptors (Lipinski definition) is 3. The number of rotatable bonds is 1. The standard InChI is InChI=1S/C9H9BrFNO2/c1-4-6(12)3-5(10)8(11)7(4)9(13)14-2/h3H,12H2,1-2H3. The van der Waals surface area contributed by atoms with E-state index < -0.39 is 11.8 Å². The van der Waals surface area contributed by atoms with E-state index in [0.717, 1.165) is 0 Å². The summed E-state index contributed by atoms with van der Waals surface area (Å²) in [7, 11) is 1.19. The van der Waals surface area contributed by atoms with Gasteiger partial charge in [-0.3, -0.25) is 0 Å². The Hall–Kier alpha value is -1.10. The molecule has 76 valence electrons. The first-order valence-electron chi connectivity index (χ1n) is 3.81. The molecule has 1 rings (SSSR count). The van der Waals surface area contributed by atoms with Crippen molar-refractivity contribution in [1.82, 2.24) is 0 Å². The maximum absolute atomic E-state index is 13.5. The van der Waals surface area contributed by atoms with Crippen LogP contribution in [0.25, 0.3) is 0 Å². The van der Waals surface area contributed by atoms with Gasteiger partial charge >= 0.3 is 5.97 Å². The van der Waals surface area contributed by atoms with Gasteiger partial charge in [-0.05, 0) is 34.5 Å². The van der Waals surface area contributed by atoms with Crippen molar-refractivity contribution in [3.8, 4) is 0 Å². The Balaban J connectivity index is 3.47. The minimum atomic E-state index is -0.729. The number of benzene rings is 1. The van der Waals surface area contributed by atoms with Gasteiger partial charge in [0.05, 0.1) is 11.6 Å². The van der Waals surface area contributed by atoms with E-state index in [1.54, 1.807) is 6.92 Å². The molecule has 0 aliphatic carbocycles. The van der Waals surface area contributed by atoms with Crippen molar-refractivity contribution in [2.24, 2.45) is 0 Å². The van der Waals surface area contributed by atoms with E-state index in [2.05, 4.69) is 20.7 Å². The van der Waals surface area contributed by atoms with Crippen molar-refractivity contribution in [1.29, 1.82) is 0 Å². The van der Waals surface area contributed by atoms with Gasteiger partial charge in [0, 0.05) is 5.69 Å². The first-order chi connectivity index (χ1) is 6.49. The molecule has 1 aromatic rings. The highest BCUT2D eigenvalue weighted by Crippen LogP contribution is 2.27. The molecule has 5 heteroatoms. The van der Waals surface area contributed by atoms with E-state index in [4.69, 9.17) is 5.73 Å². The number of hydrogen-bond donors (Lipinski definition) is 1. The van der Waals surface area contributed by atoms with E-state index in [1.165, 1.54) is 13.2 Å². The number of carbonyl (C=O) groups is 1. The lowest BCUT2D eigenvalue weighted by Crippen LogP contribution is -2.09. The van der Waals surface area contributed by atoms with Crippen molar-refractivity contribution >= 4 is 27.6 Å². The summed E-state index contributed by atoms with van der Waals surface area (Å²) < 4.78 is 18.1. The third kappa shape index (κ3) is 1.72. The molecule has 1 aromatic carbocycles. The Kier molecular flexibility index (Phi) is 3.10. The summed E-state index contributed by atoms with van der Waals surface area (Å²) in [6.07, 6.45) is 0. The van der Waals surface area contributed by atoms with Crippen LogP contribution >= 0.6 is 15.9 Å². The molecule has 0 aliphatic heterocycles. The molecule has 0 atom stereocenters. The van der Waals surface area contributed by atoms with Crippen LogP contribution in [0.1, 0.15) is 15.9 Å². The van der Waals surface area contributed by atoms with Crippen molar-refractivity contribution in [3.05, 3.63) is 27.5 Å². The average molecular weight is 262 g/mol. The van der Waals surface area contributed by atoms with E-state index in [1.807, 2.05) is 0 Å². The van der Waals surface area contributed by atoms with Crippen molar-refractivity contribution in [2.45, 2.75) is 6.92 Å². The fraction of sp³-hybridized carbons (Fsp3) is 0.222. The Morgan fingerprint density at radius 3 is 2.71 bits per heavy atom. The van der Waals surface area contributed by atoms with Gasteiger partial charge in [-0.2, -0.15) is 0 Å². The quantitative estimate of drug-likeness (QED) is 0.623.